The fourth-order valence-corrected chi connectivity index (χ4v) is 3.68. The smallest absolute Gasteiger partial charge is 0.0811 e. The molecule has 3 rings (SSSR count). The summed E-state index contributed by atoms with van der Waals surface area (Å²) in [6.45, 7) is 3.68. The van der Waals surface area contributed by atoms with Gasteiger partial charge in [0.1, 0.15) is 0 Å². The Hall–Kier alpha value is -0.860. The minimum atomic E-state index is -0.0571. The molecule has 1 aromatic rings. The number of hydrogen-bond donors (Lipinski definition) is 1. The van der Waals surface area contributed by atoms with Gasteiger partial charge < -0.3 is 10.5 Å². The zero-order valence-corrected chi connectivity index (χ0v) is 12.0. The second-order valence-electron chi connectivity index (χ2n) is 6.48. The standard InChI is InChI=1S/C17H25NO/c1-13-7-8-17(10-13,12-18)19-11-14-5-6-15-3-2-4-16(15)9-14/h5-6,9,13H,2-4,7-8,10-12,18H2,1H3. The van der Waals surface area contributed by atoms with Crippen LogP contribution in [0.2, 0.25) is 0 Å². The molecule has 0 amide bonds. The first-order valence-electron chi connectivity index (χ1n) is 7.65. The SMILES string of the molecule is CC1CCC(CN)(OCc2ccc3c(c2)CCC3)C1. The van der Waals surface area contributed by atoms with E-state index in [-0.39, 0.29) is 5.60 Å². The molecule has 1 saturated carbocycles. The van der Waals surface area contributed by atoms with E-state index in [0.717, 1.165) is 25.4 Å². The van der Waals surface area contributed by atoms with Crippen molar-refractivity contribution in [2.45, 2.75) is 57.7 Å². The number of benzene rings is 1. The van der Waals surface area contributed by atoms with Crippen molar-refractivity contribution >= 4 is 0 Å². The van der Waals surface area contributed by atoms with Gasteiger partial charge in [0.2, 0.25) is 0 Å². The van der Waals surface area contributed by atoms with E-state index in [9.17, 15) is 0 Å². The minimum absolute atomic E-state index is 0.0571. The van der Waals surface area contributed by atoms with Crippen LogP contribution in [0.4, 0.5) is 0 Å². The van der Waals surface area contributed by atoms with Crippen LogP contribution in [0.15, 0.2) is 18.2 Å². The first kappa shape index (κ1) is 13.1. The molecule has 0 bridgehead atoms. The Morgan fingerprint density at radius 2 is 2.16 bits per heavy atom. The summed E-state index contributed by atoms with van der Waals surface area (Å²) in [5.74, 6) is 0.753. The molecule has 1 aromatic carbocycles. The quantitative estimate of drug-likeness (QED) is 0.901. The van der Waals surface area contributed by atoms with Crippen LogP contribution in [0.5, 0.6) is 0 Å². The fraction of sp³-hybridized carbons (Fsp3) is 0.647. The first-order chi connectivity index (χ1) is 9.21. The molecule has 0 heterocycles. The zero-order valence-electron chi connectivity index (χ0n) is 12.0. The Labute approximate surface area is 116 Å². The molecule has 1 fully saturated rings. The molecule has 0 aromatic heterocycles. The van der Waals surface area contributed by atoms with Crippen LogP contribution in [-0.2, 0) is 24.2 Å². The molecule has 2 N–H and O–H groups in total. The topological polar surface area (TPSA) is 35.2 Å². The molecule has 2 nitrogen and oxygen atoms in total. The number of aryl methyl sites for hydroxylation is 2. The van der Waals surface area contributed by atoms with Gasteiger partial charge in [0.05, 0.1) is 12.2 Å². The summed E-state index contributed by atoms with van der Waals surface area (Å²) in [4.78, 5) is 0. The van der Waals surface area contributed by atoms with Crippen molar-refractivity contribution in [3.63, 3.8) is 0 Å². The summed E-state index contributed by atoms with van der Waals surface area (Å²) in [5, 5.41) is 0. The second kappa shape index (κ2) is 5.26. The molecule has 2 heteroatoms. The summed E-state index contributed by atoms with van der Waals surface area (Å²) >= 11 is 0. The highest BCUT2D eigenvalue weighted by Crippen LogP contribution is 2.37. The summed E-state index contributed by atoms with van der Waals surface area (Å²) in [5.41, 5.74) is 10.3. The molecular formula is C17H25NO. The minimum Gasteiger partial charge on any atom is -0.369 e. The number of hydrogen-bond acceptors (Lipinski definition) is 2. The van der Waals surface area contributed by atoms with Crippen LogP contribution >= 0.6 is 0 Å². The molecule has 2 aliphatic carbocycles. The Morgan fingerprint density at radius 3 is 2.89 bits per heavy atom. The lowest BCUT2D eigenvalue weighted by atomic mass is 10.0. The number of ether oxygens (including phenoxy) is 1. The number of rotatable bonds is 4. The molecule has 104 valence electrons. The molecule has 19 heavy (non-hydrogen) atoms. The monoisotopic (exact) mass is 259 g/mol. The summed E-state index contributed by atoms with van der Waals surface area (Å²) in [6.07, 6.45) is 7.29. The van der Waals surface area contributed by atoms with E-state index in [4.69, 9.17) is 10.5 Å². The molecule has 0 saturated heterocycles. The van der Waals surface area contributed by atoms with Crippen molar-refractivity contribution < 1.29 is 4.74 Å². The Bertz CT molecular complexity index is 457. The van der Waals surface area contributed by atoms with Crippen LogP contribution in [0.3, 0.4) is 0 Å². The average Bonchev–Trinajstić information content (AvgIpc) is 3.03. The van der Waals surface area contributed by atoms with E-state index in [1.807, 2.05) is 0 Å². The van der Waals surface area contributed by atoms with Gasteiger partial charge in [-0.05, 0) is 61.1 Å². The maximum absolute atomic E-state index is 6.23. The Morgan fingerprint density at radius 1 is 1.32 bits per heavy atom. The van der Waals surface area contributed by atoms with Gasteiger partial charge in [-0.25, -0.2) is 0 Å². The molecule has 0 spiro atoms. The van der Waals surface area contributed by atoms with E-state index >= 15 is 0 Å². The van der Waals surface area contributed by atoms with Gasteiger partial charge in [-0.1, -0.05) is 25.1 Å². The summed E-state index contributed by atoms with van der Waals surface area (Å²) in [7, 11) is 0. The predicted octanol–water partition coefficient (Wildman–Crippen LogP) is 3.21. The van der Waals surface area contributed by atoms with Gasteiger partial charge in [-0.2, -0.15) is 0 Å². The molecule has 2 aliphatic rings. The van der Waals surface area contributed by atoms with Crippen molar-refractivity contribution in [1.29, 1.82) is 0 Å². The van der Waals surface area contributed by atoms with Crippen molar-refractivity contribution in [2.24, 2.45) is 11.7 Å². The first-order valence-corrected chi connectivity index (χ1v) is 7.65. The fourth-order valence-electron chi connectivity index (χ4n) is 3.68. The second-order valence-corrected chi connectivity index (χ2v) is 6.48. The van der Waals surface area contributed by atoms with Gasteiger partial charge >= 0.3 is 0 Å². The van der Waals surface area contributed by atoms with Crippen molar-refractivity contribution in [1.82, 2.24) is 0 Å². The van der Waals surface area contributed by atoms with Gasteiger partial charge in [0, 0.05) is 6.54 Å². The van der Waals surface area contributed by atoms with E-state index in [2.05, 4.69) is 25.1 Å². The molecule has 0 radical (unpaired) electrons. The van der Waals surface area contributed by atoms with Crippen LogP contribution in [0, 0.1) is 5.92 Å². The Balaban J connectivity index is 1.65. The molecule has 2 unspecified atom stereocenters. The lowest BCUT2D eigenvalue weighted by Crippen LogP contribution is -2.38. The predicted molar refractivity (Wildman–Crippen MR) is 78.1 cm³/mol. The summed E-state index contributed by atoms with van der Waals surface area (Å²) < 4.78 is 6.23. The largest absolute Gasteiger partial charge is 0.369 e. The molecule has 2 atom stereocenters. The average molecular weight is 259 g/mol. The number of nitrogens with two attached hydrogens (primary N) is 1. The third-order valence-electron chi connectivity index (χ3n) is 4.89. The van der Waals surface area contributed by atoms with Crippen molar-refractivity contribution in [3.05, 3.63) is 34.9 Å². The lowest BCUT2D eigenvalue weighted by molar-refractivity contribution is -0.0471. The van der Waals surface area contributed by atoms with E-state index < -0.39 is 0 Å². The third-order valence-corrected chi connectivity index (χ3v) is 4.89. The van der Waals surface area contributed by atoms with Gasteiger partial charge in [0.15, 0.2) is 0 Å². The Kier molecular flexibility index (Phi) is 3.64. The van der Waals surface area contributed by atoms with E-state index in [1.165, 1.54) is 42.4 Å². The van der Waals surface area contributed by atoms with Crippen LogP contribution in [-0.4, -0.2) is 12.1 Å². The van der Waals surface area contributed by atoms with Gasteiger partial charge in [-0.15, -0.1) is 0 Å². The molecule has 0 aliphatic heterocycles. The van der Waals surface area contributed by atoms with E-state index in [0.29, 0.717) is 6.54 Å². The normalized spacial score (nSPS) is 29.7. The lowest BCUT2D eigenvalue weighted by Gasteiger charge is -2.28. The van der Waals surface area contributed by atoms with Crippen LogP contribution in [0.1, 0.15) is 49.3 Å². The third kappa shape index (κ3) is 2.70. The van der Waals surface area contributed by atoms with Crippen molar-refractivity contribution in [3.8, 4) is 0 Å². The maximum Gasteiger partial charge on any atom is 0.0811 e. The highest BCUT2D eigenvalue weighted by atomic mass is 16.5. The highest BCUT2D eigenvalue weighted by Gasteiger charge is 2.37. The maximum atomic E-state index is 6.23. The van der Waals surface area contributed by atoms with E-state index in [1.54, 1.807) is 0 Å². The zero-order chi connectivity index (χ0) is 13.3. The van der Waals surface area contributed by atoms with Crippen LogP contribution < -0.4 is 5.73 Å². The van der Waals surface area contributed by atoms with Gasteiger partial charge in [-0.3, -0.25) is 0 Å². The number of fused-ring (bicyclic) bond motifs is 1. The van der Waals surface area contributed by atoms with Crippen molar-refractivity contribution in [2.75, 3.05) is 6.54 Å². The summed E-state index contributed by atoms with van der Waals surface area (Å²) in [6, 6.07) is 6.85. The van der Waals surface area contributed by atoms with Gasteiger partial charge in [0.25, 0.3) is 0 Å². The highest BCUT2D eigenvalue weighted by molar-refractivity contribution is 5.35. The van der Waals surface area contributed by atoms with Crippen LogP contribution in [0.25, 0.3) is 0 Å². The molecular weight excluding hydrogens is 234 g/mol.